The largest absolute Gasteiger partial charge is 0.480 e. The summed E-state index contributed by atoms with van der Waals surface area (Å²) < 4.78 is 11.9. The van der Waals surface area contributed by atoms with E-state index >= 15 is 0 Å². The number of carbonyl (C=O) groups is 2. The smallest absolute Gasteiger partial charge is 0.411 e. The maximum atomic E-state index is 12.6. The first-order chi connectivity index (χ1) is 13.3. The lowest BCUT2D eigenvalue weighted by Crippen LogP contribution is -2.52. The van der Waals surface area contributed by atoms with Gasteiger partial charge in [0.25, 0.3) is 0 Å². The van der Waals surface area contributed by atoms with Crippen LogP contribution in [0, 0.1) is 6.92 Å². The molecule has 0 spiro atoms. The highest BCUT2D eigenvalue weighted by molar-refractivity contribution is 9.11. The number of carbonyl (C=O) groups excluding carboxylic acids is 1. The molecule has 1 heterocycles. The number of nitrogens with zero attached hydrogens (tertiary/aromatic N) is 2. The molecule has 8 heteroatoms. The topological polar surface area (TPSA) is 88.4 Å². The van der Waals surface area contributed by atoms with E-state index in [1.54, 1.807) is 20.8 Å². The number of rotatable bonds is 4. The van der Waals surface area contributed by atoms with Crippen LogP contribution >= 0.6 is 15.9 Å². The van der Waals surface area contributed by atoms with Crippen molar-refractivity contribution in [3.63, 3.8) is 0 Å². The molecule has 7 nitrogen and oxygen atoms in total. The van der Waals surface area contributed by atoms with E-state index in [2.05, 4.69) is 27.5 Å². The van der Waals surface area contributed by atoms with Crippen molar-refractivity contribution in [2.75, 3.05) is 6.54 Å². The summed E-state index contributed by atoms with van der Waals surface area (Å²) >= 11 is 3.22. The van der Waals surface area contributed by atoms with Crippen LogP contribution in [-0.2, 0) is 14.3 Å². The minimum absolute atomic E-state index is 0.0668. The number of hydrogen-bond donors (Lipinski definition) is 1. The quantitative estimate of drug-likeness (QED) is 0.401. The fourth-order valence-electron chi connectivity index (χ4n) is 3.13. The molecule has 1 N–H and O–H groups in total. The Labute approximate surface area is 179 Å². The highest BCUT2D eigenvalue weighted by Gasteiger charge is 2.52. The SMILES string of the molecule is C=C(Br)N=C(O[C@H]1CN(C(=O)OC(C)(C)C)C(C)(C(=O)O)C1)c1ccccc1C. The first kappa shape index (κ1) is 22.9. The number of halogens is 1. The van der Waals surface area contributed by atoms with Crippen LogP contribution in [0.1, 0.15) is 45.2 Å². The molecule has 1 aliphatic rings. The summed E-state index contributed by atoms with van der Waals surface area (Å²) in [5.74, 6) is -0.803. The number of aryl methyl sites for hydroxylation is 1. The third kappa shape index (κ3) is 5.59. The first-order valence-electron chi connectivity index (χ1n) is 9.23. The molecule has 2 rings (SSSR count). The Kier molecular flexibility index (Phi) is 6.78. The van der Waals surface area contributed by atoms with E-state index in [1.807, 2.05) is 31.2 Å². The van der Waals surface area contributed by atoms with Crippen LogP contribution in [0.15, 0.2) is 40.4 Å². The van der Waals surface area contributed by atoms with Crippen LogP contribution in [0.5, 0.6) is 0 Å². The monoisotopic (exact) mass is 466 g/mol. The lowest BCUT2D eigenvalue weighted by Gasteiger charge is -2.32. The zero-order chi connectivity index (χ0) is 22.0. The van der Waals surface area contributed by atoms with Crippen molar-refractivity contribution in [3.05, 3.63) is 46.6 Å². The Morgan fingerprint density at radius 1 is 1.34 bits per heavy atom. The average Bonchev–Trinajstić information content (AvgIpc) is 2.91. The van der Waals surface area contributed by atoms with Crippen molar-refractivity contribution < 1.29 is 24.2 Å². The fourth-order valence-corrected chi connectivity index (χ4v) is 3.29. The van der Waals surface area contributed by atoms with Crippen molar-refractivity contribution in [1.82, 2.24) is 4.90 Å². The predicted octanol–water partition coefficient (Wildman–Crippen LogP) is 4.48. The zero-order valence-electron chi connectivity index (χ0n) is 17.4. The van der Waals surface area contributed by atoms with Gasteiger partial charge < -0.3 is 14.6 Å². The summed E-state index contributed by atoms with van der Waals surface area (Å²) in [5, 5.41) is 9.79. The Hall–Kier alpha value is -2.35. The van der Waals surface area contributed by atoms with Crippen LogP contribution in [0.2, 0.25) is 0 Å². The van der Waals surface area contributed by atoms with Crippen molar-refractivity contribution >= 4 is 33.9 Å². The van der Waals surface area contributed by atoms with Crippen LogP contribution in [-0.4, -0.2) is 51.8 Å². The maximum Gasteiger partial charge on any atom is 0.411 e. The van der Waals surface area contributed by atoms with Gasteiger partial charge in [0.2, 0.25) is 5.90 Å². The third-order valence-electron chi connectivity index (χ3n) is 4.56. The van der Waals surface area contributed by atoms with Gasteiger partial charge in [0.15, 0.2) is 0 Å². The third-order valence-corrected chi connectivity index (χ3v) is 4.74. The number of hydrogen-bond acceptors (Lipinski definition) is 5. The van der Waals surface area contributed by atoms with Crippen molar-refractivity contribution in [2.24, 2.45) is 4.99 Å². The second-order valence-corrected chi connectivity index (χ2v) is 9.14. The Morgan fingerprint density at radius 3 is 2.48 bits per heavy atom. The number of aliphatic imine (C=N–C) groups is 1. The minimum atomic E-state index is -1.45. The molecule has 1 aliphatic heterocycles. The molecule has 2 atom stereocenters. The van der Waals surface area contributed by atoms with E-state index in [-0.39, 0.29) is 13.0 Å². The fraction of sp³-hybridized carbons (Fsp3) is 0.476. The molecular formula is C21H27BrN2O5. The lowest BCUT2D eigenvalue weighted by atomic mass is 9.98. The summed E-state index contributed by atoms with van der Waals surface area (Å²) in [6.45, 7) is 12.4. The molecule has 0 saturated carbocycles. The normalized spacial score (nSPS) is 22.3. The molecule has 1 saturated heterocycles. The van der Waals surface area contributed by atoms with Crippen molar-refractivity contribution in [1.29, 1.82) is 0 Å². The highest BCUT2D eigenvalue weighted by atomic mass is 79.9. The summed E-state index contributed by atoms with van der Waals surface area (Å²) in [6, 6.07) is 7.55. The molecule has 0 radical (unpaired) electrons. The number of ether oxygens (including phenoxy) is 2. The Morgan fingerprint density at radius 2 is 1.97 bits per heavy atom. The van der Waals surface area contributed by atoms with Crippen molar-refractivity contribution in [2.45, 2.75) is 58.3 Å². The standard InChI is InChI=1S/C21H27BrN2O5/c1-13-9-7-8-10-16(13)17(23-14(2)22)28-15-11-21(6,18(25)26)24(12-15)19(27)29-20(3,4)5/h7-10,15H,2,11-12H2,1,3-6H3,(H,25,26)/t15-,21?/m1/s1. The second-order valence-electron chi connectivity index (χ2n) is 8.22. The Balaban J connectivity index is 2.32. The van der Waals surface area contributed by atoms with Gasteiger partial charge in [-0.3, -0.25) is 4.90 Å². The molecule has 0 aromatic heterocycles. The van der Waals surface area contributed by atoms with Gasteiger partial charge in [-0.2, -0.15) is 0 Å². The van der Waals surface area contributed by atoms with Gasteiger partial charge >= 0.3 is 12.1 Å². The summed E-state index contributed by atoms with van der Waals surface area (Å²) in [6.07, 6.45) is -1.16. The molecule has 1 fully saturated rings. The van der Waals surface area contributed by atoms with Gasteiger partial charge in [-0.1, -0.05) is 24.8 Å². The summed E-state index contributed by atoms with van der Waals surface area (Å²) in [7, 11) is 0. The van der Waals surface area contributed by atoms with Gasteiger partial charge in [0.1, 0.15) is 21.9 Å². The average molecular weight is 467 g/mol. The van der Waals surface area contributed by atoms with E-state index in [9.17, 15) is 14.7 Å². The van der Waals surface area contributed by atoms with Crippen LogP contribution in [0.25, 0.3) is 0 Å². The molecule has 1 aromatic carbocycles. The van der Waals surface area contributed by atoms with E-state index < -0.39 is 29.3 Å². The molecule has 1 unspecified atom stereocenters. The van der Waals surface area contributed by atoms with Crippen LogP contribution in [0.4, 0.5) is 4.79 Å². The number of benzene rings is 1. The highest BCUT2D eigenvalue weighted by Crippen LogP contribution is 2.33. The maximum absolute atomic E-state index is 12.6. The van der Waals surface area contributed by atoms with E-state index in [0.717, 1.165) is 11.1 Å². The zero-order valence-corrected chi connectivity index (χ0v) is 18.9. The molecule has 1 amide bonds. The van der Waals surface area contributed by atoms with Gasteiger partial charge in [0, 0.05) is 12.0 Å². The first-order valence-corrected chi connectivity index (χ1v) is 10.0. The number of carboxylic acids is 1. The van der Waals surface area contributed by atoms with Crippen molar-refractivity contribution in [3.8, 4) is 0 Å². The number of carboxylic acid groups (broad SMARTS) is 1. The predicted molar refractivity (Wildman–Crippen MR) is 114 cm³/mol. The summed E-state index contributed by atoms with van der Waals surface area (Å²) in [5.41, 5.74) is -0.476. The van der Waals surface area contributed by atoms with Gasteiger partial charge in [-0.15, -0.1) is 0 Å². The van der Waals surface area contributed by atoms with Gasteiger partial charge in [-0.25, -0.2) is 14.6 Å². The second kappa shape index (κ2) is 8.57. The van der Waals surface area contributed by atoms with Crippen LogP contribution in [0.3, 0.4) is 0 Å². The van der Waals surface area contributed by atoms with Gasteiger partial charge in [0.05, 0.1) is 6.54 Å². The molecule has 0 bridgehead atoms. The van der Waals surface area contributed by atoms with E-state index in [4.69, 9.17) is 9.47 Å². The summed E-state index contributed by atoms with van der Waals surface area (Å²) in [4.78, 5) is 30.2. The molecule has 0 aliphatic carbocycles. The Bertz CT molecular complexity index is 846. The molecule has 158 valence electrons. The van der Waals surface area contributed by atoms with Gasteiger partial charge in [-0.05, 0) is 62.2 Å². The number of amides is 1. The molecule has 1 aromatic rings. The number of likely N-dealkylation sites (tertiary alicyclic amines) is 1. The minimum Gasteiger partial charge on any atom is -0.480 e. The van der Waals surface area contributed by atoms with Crippen LogP contribution < -0.4 is 0 Å². The van der Waals surface area contributed by atoms with E-state index in [1.165, 1.54) is 11.8 Å². The molecule has 29 heavy (non-hydrogen) atoms. The van der Waals surface area contributed by atoms with E-state index in [0.29, 0.717) is 10.5 Å². The molecular weight excluding hydrogens is 440 g/mol. The number of aliphatic carboxylic acids is 1. The lowest BCUT2D eigenvalue weighted by molar-refractivity contribution is -0.148.